The van der Waals surface area contributed by atoms with Crippen LogP contribution in [0.1, 0.15) is 38.8 Å². The Morgan fingerprint density at radius 2 is 1.24 bits per heavy atom. The van der Waals surface area contributed by atoms with Gasteiger partial charge in [0.25, 0.3) is 0 Å². The number of benzene rings is 1. The number of allylic oxidation sites excluding steroid dienone is 2. The van der Waals surface area contributed by atoms with Crippen LogP contribution in [0.3, 0.4) is 0 Å². The summed E-state index contributed by atoms with van der Waals surface area (Å²) < 4.78 is 3.55. The van der Waals surface area contributed by atoms with Crippen LogP contribution in [-0.4, -0.2) is 27.7 Å². The van der Waals surface area contributed by atoms with Crippen molar-refractivity contribution in [1.29, 1.82) is 0 Å². The van der Waals surface area contributed by atoms with Gasteiger partial charge in [-0.25, -0.2) is 0 Å². The van der Waals surface area contributed by atoms with Crippen molar-refractivity contribution in [3.05, 3.63) is 44.3 Å². The molecule has 1 aromatic carbocycles. The van der Waals surface area contributed by atoms with Gasteiger partial charge >= 0.3 is 119 Å². The second kappa shape index (κ2) is 3.92. The molecule has 0 radical (unpaired) electrons. The van der Waals surface area contributed by atoms with Gasteiger partial charge in [0.15, 0.2) is 0 Å². The molecule has 0 N–H and O–H groups in total. The first-order valence-electron chi connectivity index (χ1n) is 5.82. The zero-order chi connectivity index (χ0) is 12.3. The Labute approximate surface area is 118 Å². The number of hydrogen-bond donors (Lipinski definition) is 0. The van der Waals surface area contributed by atoms with Crippen molar-refractivity contribution in [3.63, 3.8) is 0 Å². The van der Waals surface area contributed by atoms with Crippen molar-refractivity contribution in [2.75, 3.05) is 0 Å². The molecule has 1 aliphatic carbocycles. The first-order chi connectivity index (χ1) is 7.95. The number of hydrogen-bond acceptors (Lipinski definition) is 1. The topological polar surface area (TPSA) is 0 Å². The molecular weight excluding hydrogens is 358 g/mol. The summed E-state index contributed by atoms with van der Waals surface area (Å²) in [5, 5.41) is 0. The van der Waals surface area contributed by atoms with E-state index in [1.54, 1.807) is 20.1 Å². The second-order valence-electron chi connectivity index (χ2n) is 5.69. The van der Waals surface area contributed by atoms with E-state index < -0.39 is 0 Å². The maximum atomic E-state index is 2.42. The van der Waals surface area contributed by atoms with Gasteiger partial charge in [0.1, 0.15) is 0 Å². The summed E-state index contributed by atoms with van der Waals surface area (Å²) >= 11 is 1.34. The van der Waals surface area contributed by atoms with E-state index in [4.69, 9.17) is 0 Å². The Morgan fingerprint density at radius 3 is 1.65 bits per heavy atom. The summed E-state index contributed by atoms with van der Waals surface area (Å²) in [6, 6.07) is 9.07. The zero-order valence-corrected chi connectivity index (χ0v) is 14.8. The van der Waals surface area contributed by atoms with Crippen molar-refractivity contribution >= 4 is 36.3 Å². The first kappa shape index (κ1) is 12.4. The molecule has 0 spiro atoms. The summed E-state index contributed by atoms with van der Waals surface area (Å²) in [6.45, 7) is 9.67. The van der Waals surface area contributed by atoms with E-state index in [9.17, 15) is 0 Å². The van der Waals surface area contributed by atoms with Crippen LogP contribution < -0.4 is 0 Å². The van der Waals surface area contributed by atoms with Gasteiger partial charge < -0.3 is 0 Å². The second-order valence-corrected chi connectivity index (χ2v) is 15.3. The summed E-state index contributed by atoms with van der Waals surface area (Å²) in [5.74, 6) is 0. The Morgan fingerprint density at radius 1 is 0.824 bits per heavy atom. The molecule has 0 unspecified atom stereocenters. The van der Waals surface area contributed by atoms with Gasteiger partial charge in [0, 0.05) is 0 Å². The molecule has 0 atom stereocenters. The Hall–Kier alpha value is 0.349. The third-order valence-electron chi connectivity index (χ3n) is 3.85. The standard InChI is InChI=1S/C14H16SSe2/c1-13(2)9-7-5-6-8-10(9)14(3,4)12-11(13)16-15-17-12/h5-8H,1-4H3. The van der Waals surface area contributed by atoms with Crippen molar-refractivity contribution in [3.8, 4) is 0 Å². The van der Waals surface area contributed by atoms with Gasteiger partial charge in [0.05, 0.1) is 0 Å². The molecule has 0 amide bonds. The maximum absolute atomic E-state index is 2.42. The van der Waals surface area contributed by atoms with Gasteiger partial charge in [-0.05, 0) is 0 Å². The monoisotopic (exact) mass is 376 g/mol. The van der Waals surface area contributed by atoms with Crippen molar-refractivity contribution in [2.24, 2.45) is 0 Å². The third-order valence-corrected chi connectivity index (χ3v) is 15.4. The minimum absolute atomic E-state index is 0.271. The Bertz CT molecular complexity index is 470. The molecule has 1 aliphatic heterocycles. The quantitative estimate of drug-likeness (QED) is 0.627. The van der Waals surface area contributed by atoms with Crippen LogP contribution in [0.5, 0.6) is 0 Å². The van der Waals surface area contributed by atoms with E-state index in [2.05, 4.69) is 60.6 Å². The van der Waals surface area contributed by atoms with Gasteiger partial charge in [-0.3, -0.25) is 0 Å². The molecule has 0 saturated heterocycles. The fraction of sp³-hybridized carbons (Fsp3) is 0.429. The van der Waals surface area contributed by atoms with Crippen LogP contribution in [0.25, 0.3) is 0 Å². The van der Waals surface area contributed by atoms with E-state index in [0.717, 1.165) is 0 Å². The fourth-order valence-corrected chi connectivity index (χ4v) is 17.5. The van der Waals surface area contributed by atoms with Crippen LogP contribution in [0, 0.1) is 0 Å². The Balaban J connectivity index is 2.32. The zero-order valence-electron chi connectivity index (χ0n) is 10.5. The van der Waals surface area contributed by atoms with E-state index in [0.29, 0.717) is 27.7 Å². The third kappa shape index (κ3) is 1.64. The van der Waals surface area contributed by atoms with Crippen LogP contribution in [0.2, 0.25) is 0 Å². The molecule has 17 heavy (non-hydrogen) atoms. The predicted octanol–water partition coefficient (Wildman–Crippen LogP) is 3.45. The van der Waals surface area contributed by atoms with E-state index in [1.165, 1.54) is 0 Å². The van der Waals surface area contributed by atoms with Gasteiger partial charge in [-0.15, -0.1) is 0 Å². The molecule has 90 valence electrons. The van der Waals surface area contributed by atoms with Crippen molar-refractivity contribution < 1.29 is 0 Å². The molecule has 1 aromatic rings. The van der Waals surface area contributed by atoms with Gasteiger partial charge in [0.2, 0.25) is 0 Å². The van der Waals surface area contributed by atoms with Crippen LogP contribution in [0.4, 0.5) is 0 Å². The summed E-state index contributed by atoms with van der Waals surface area (Å²) in [5.41, 5.74) is 3.66. The molecule has 3 heteroatoms. The Kier molecular flexibility index (Phi) is 2.86. The van der Waals surface area contributed by atoms with Crippen molar-refractivity contribution in [2.45, 2.75) is 38.5 Å². The van der Waals surface area contributed by atoms with Gasteiger partial charge in [-0.2, -0.15) is 0 Å². The first-order valence-corrected chi connectivity index (χ1v) is 12.4. The van der Waals surface area contributed by atoms with Crippen LogP contribution in [0.15, 0.2) is 33.2 Å². The molecular formula is C14H16SSe2. The molecule has 3 rings (SSSR count). The molecule has 0 nitrogen and oxygen atoms in total. The average Bonchev–Trinajstić information content (AvgIpc) is 2.78. The molecule has 0 fully saturated rings. The van der Waals surface area contributed by atoms with Crippen molar-refractivity contribution in [1.82, 2.24) is 0 Å². The van der Waals surface area contributed by atoms with Crippen LogP contribution in [-0.2, 0) is 10.8 Å². The van der Waals surface area contributed by atoms with E-state index in [1.807, 2.05) is 0 Å². The molecule has 1 heterocycles. The SMILES string of the molecule is CC1(C)C2=C([Se]S[Se]2)C(C)(C)c2ccccc21. The molecule has 0 aromatic heterocycles. The number of rotatable bonds is 0. The summed E-state index contributed by atoms with van der Waals surface area (Å²) in [7, 11) is 2.21. The number of fused-ring (bicyclic) bond motifs is 1. The molecule has 2 aliphatic rings. The summed E-state index contributed by atoms with van der Waals surface area (Å²) in [6.07, 6.45) is 0. The molecule has 0 bridgehead atoms. The normalized spacial score (nSPS) is 24.5. The van der Waals surface area contributed by atoms with Gasteiger partial charge in [-0.1, -0.05) is 0 Å². The minimum atomic E-state index is 0.271. The average molecular weight is 374 g/mol. The fourth-order valence-electron chi connectivity index (χ4n) is 2.75. The predicted molar refractivity (Wildman–Crippen MR) is 78.6 cm³/mol. The van der Waals surface area contributed by atoms with Crippen LogP contribution >= 0.6 is 8.60 Å². The molecule has 0 saturated carbocycles. The van der Waals surface area contributed by atoms with E-state index >= 15 is 0 Å². The van der Waals surface area contributed by atoms with E-state index in [-0.39, 0.29) is 10.8 Å². The summed E-state index contributed by atoms with van der Waals surface area (Å²) in [4.78, 5) is 0.